The molecule has 98 valence electrons. The van der Waals surface area contributed by atoms with E-state index in [0.717, 1.165) is 16.8 Å². The van der Waals surface area contributed by atoms with Crippen LogP contribution in [0.15, 0.2) is 48.5 Å². The Morgan fingerprint density at radius 3 is 2.47 bits per heavy atom. The molecule has 0 N–H and O–H groups in total. The van der Waals surface area contributed by atoms with E-state index in [-0.39, 0.29) is 5.97 Å². The van der Waals surface area contributed by atoms with Crippen LogP contribution in [0.25, 0.3) is 11.1 Å². The number of rotatable bonds is 3. The van der Waals surface area contributed by atoms with Crippen LogP contribution in [0.5, 0.6) is 0 Å². The number of hydrogen-bond acceptors (Lipinski definition) is 3. The molecule has 3 heteroatoms. The van der Waals surface area contributed by atoms with Gasteiger partial charge >= 0.3 is 5.97 Å². The molecule has 0 spiro atoms. The number of carbonyl (C=O) groups is 1. The lowest BCUT2D eigenvalue weighted by molar-refractivity contribution is 0.0601. The number of hydrogen-bond donors (Lipinski definition) is 0. The molecule has 3 nitrogen and oxygen atoms in total. The highest BCUT2D eigenvalue weighted by Gasteiger charge is 2.10. The number of carbonyl (C=O) groups excluding carboxylic acids is 1. The summed E-state index contributed by atoms with van der Waals surface area (Å²) < 4.78 is 4.76. The van der Waals surface area contributed by atoms with Crippen LogP contribution in [0.4, 0.5) is 5.69 Å². The Morgan fingerprint density at radius 2 is 1.79 bits per heavy atom. The van der Waals surface area contributed by atoms with E-state index in [0.29, 0.717) is 5.56 Å². The number of anilines is 1. The molecule has 0 saturated heterocycles. The fraction of sp³-hybridized carbons (Fsp3) is 0.188. The molecule has 0 bridgehead atoms. The Hall–Kier alpha value is -2.29. The van der Waals surface area contributed by atoms with Gasteiger partial charge in [0.25, 0.3) is 0 Å². The molecule has 2 rings (SSSR count). The lowest BCUT2D eigenvalue weighted by Crippen LogP contribution is -2.10. The minimum atomic E-state index is -0.316. The first-order valence-corrected chi connectivity index (χ1v) is 6.08. The van der Waals surface area contributed by atoms with Crippen molar-refractivity contribution in [2.45, 2.75) is 0 Å². The van der Waals surface area contributed by atoms with E-state index < -0.39 is 0 Å². The summed E-state index contributed by atoms with van der Waals surface area (Å²) >= 11 is 0. The summed E-state index contributed by atoms with van der Waals surface area (Å²) in [5.74, 6) is -0.316. The van der Waals surface area contributed by atoms with Gasteiger partial charge in [0, 0.05) is 25.3 Å². The Kier molecular flexibility index (Phi) is 3.85. The summed E-state index contributed by atoms with van der Waals surface area (Å²) in [4.78, 5) is 13.6. The van der Waals surface area contributed by atoms with E-state index in [1.165, 1.54) is 7.11 Å². The first-order chi connectivity index (χ1) is 9.13. The van der Waals surface area contributed by atoms with Crippen molar-refractivity contribution >= 4 is 11.7 Å². The highest BCUT2D eigenvalue weighted by atomic mass is 16.5. The summed E-state index contributed by atoms with van der Waals surface area (Å²) in [5, 5.41) is 0. The molecule has 0 radical (unpaired) electrons. The number of methoxy groups -OCH3 is 1. The summed E-state index contributed by atoms with van der Waals surface area (Å²) in [5.41, 5.74) is 3.78. The normalized spacial score (nSPS) is 10.1. The smallest absolute Gasteiger partial charge is 0.337 e. The zero-order chi connectivity index (χ0) is 13.8. The Morgan fingerprint density at radius 1 is 1.05 bits per heavy atom. The number of para-hydroxylation sites is 1. The SMILES string of the molecule is COC(=O)c1cccc(-c2ccccc2N(C)C)c1. The van der Waals surface area contributed by atoms with Crippen molar-refractivity contribution in [3.8, 4) is 11.1 Å². The molecule has 0 unspecified atom stereocenters. The molecule has 0 aliphatic rings. The van der Waals surface area contributed by atoms with Crippen LogP contribution in [0, 0.1) is 0 Å². The zero-order valence-corrected chi connectivity index (χ0v) is 11.4. The summed E-state index contributed by atoms with van der Waals surface area (Å²) in [6, 6.07) is 15.6. The fourth-order valence-corrected chi connectivity index (χ4v) is 2.04. The van der Waals surface area contributed by atoms with Gasteiger partial charge in [-0.2, -0.15) is 0 Å². The number of ether oxygens (including phenoxy) is 1. The van der Waals surface area contributed by atoms with Crippen LogP contribution >= 0.6 is 0 Å². The zero-order valence-electron chi connectivity index (χ0n) is 11.4. The van der Waals surface area contributed by atoms with Gasteiger partial charge in [-0.1, -0.05) is 30.3 Å². The number of nitrogens with zero attached hydrogens (tertiary/aromatic N) is 1. The van der Waals surface area contributed by atoms with Crippen LogP contribution < -0.4 is 4.90 Å². The van der Waals surface area contributed by atoms with E-state index >= 15 is 0 Å². The molecule has 0 fully saturated rings. The van der Waals surface area contributed by atoms with Gasteiger partial charge in [0.2, 0.25) is 0 Å². The third-order valence-corrected chi connectivity index (χ3v) is 2.98. The predicted molar refractivity (Wildman–Crippen MR) is 77.5 cm³/mol. The Labute approximate surface area is 113 Å². The first kappa shape index (κ1) is 13.1. The molecule has 19 heavy (non-hydrogen) atoms. The fourth-order valence-electron chi connectivity index (χ4n) is 2.04. The van der Waals surface area contributed by atoms with Crippen LogP contribution in [0.1, 0.15) is 10.4 Å². The molecule has 0 saturated carbocycles. The lowest BCUT2D eigenvalue weighted by atomic mass is 10.0. The van der Waals surface area contributed by atoms with Crippen molar-refractivity contribution in [2.75, 3.05) is 26.1 Å². The van der Waals surface area contributed by atoms with Gasteiger partial charge in [0.15, 0.2) is 0 Å². The Balaban J connectivity index is 2.51. The second-order valence-electron chi connectivity index (χ2n) is 4.48. The quantitative estimate of drug-likeness (QED) is 0.789. The monoisotopic (exact) mass is 255 g/mol. The van der Waals surface area contributed by atoms with E-state index in [4.69, 9.17) is 4.74 Å². The largest absolute Gasteiger partial charge is 0.465 e. The second-order valence-corrected chi connectivity index (χ2v) is 4.48. The van der Waals surface area contributed by atoms with Gasteiger partial charge in [0.05, 0.1) is 12.7 Å². The molecule has 0 aliphatic heterocycles. The van der Waals surface area contributed by atoms with E-state index in [1.54, 1.807) is 6.07 Å². The molecule has 0 heterocycles. The highest BCUT2D eigenvalue weighted by molar-refractivity contribution is 5.92. The maximum absolute atomic E-state index is 11.6. The summed E-state index contributed by atoms with van der Waals surface area (Å²) in [6.07, 6.45) is 0. The summed E-state index contributed by atoms with van der Waals surface area (Å²) in [7, 11) is 5.40. The molecule has 2 aromatic carbocycles. The topological polar surface area (TPSA) is 29.5 Å². The van der Waals surface area contributed by atoms with Gasteiger partial charge in [-0.05, 0) is 23.8 Å². The maximum atomic E-state index is 11.6. The molecule has 0 aromatic heterocycles. The van der Waals surface area contributed by atoms with Gasteiger partial charge in [-0.25, -0.2) is 4.79 Å². The highest BCUT2D eigenvalue weighted by Crippen LogP contribution is 2.30. The first-order valence-electron chi connectivity index (χ1n) is 6.08. The van der Waals surface area contributed by atoms with Crippen molar-refractivity contribution in [1.29, 1.82) is 0 Å². The average molecular weight is 255 g/mol. The van der Waals surface area contributed by atoms with Crippen LogP contribution in [0.2, 0.25) is 0 Å². The van der Waals surface area contributed by atoms with Crippen LogP contribution in [-0.4, -0.2) is 27.2 Å². The molecule has 0 aliphatic carbocycles. The summed E-state index contributed by atoms with van der Waals surface area (Å²) in [6.45, 7) is 0. The lowest BCUT2D eigenvalue weighted by Gasteiger charge is -2.17. The molecular weight excluding hydrogens is 238 g/mol. The third kappa shape index (κ3) is 2.76. The van der Waals surface area contributed by atoms with Gasteiger partial charge in [-0.3, -0.25) is 0 Å². The second kappa shape index (κ2) is 5.57. The van der Waals surface area contributed by atoms with Crippen molar-refractivity contribution in [1.82, 2.24) is 0 Å². The number of benzene rings is 2. The molecule has 0 atom stereocenters. The molecular formula is C16H17NO2. The Bertz CT molecular complexity index is 591. The van der Waals surface area contributed by atoms with Crippen LogP contribution in [0.3, 0.4) is 0 Å². The molecule has 2 aromatic rings. The van der Waals surface area contributed by atoms with Crippen molar-refractivity contribution in [3.63, 3.8) is 0 Å². The minimum absolute atomic E-state index is 0.316. The number of esters is 1. The van der Waals surface area contributed by atoms with E-state index in [1.807, 2.05) is 50.5 Å². The van der Waals surface area contributed by atoms with Gasteiger partial charge in [-0.15, -0.1) is 0 Å². The van der Waals surface area contributed by atoms with Gasteiger partial charge in [0.1, 0.15) is 0 Å². The predicted octanol–water partition coefficient (Wildman–Crippen LogP) is 3.21. The molecule has 0 amide bonds. The van der Waals surface area contributed by atoms with Crippen LogP contribution in [-0.2, 0) is 4.74 Å². The van der Waals surface area contributed by atoms with Crippen molar-refractivity contribution in [3.05, 3.63) is 54.1 Å². The average Bonchev–Trinajstić information content (AvgIpc) is 2.46. The minimum Gasteiger partial charge on any atom is -0.465 e. The van der Waals surface area contributed by atoms with Crippen molar-refractivity contribution < 1.29 is 9.53 Å². The van der Waals surface area contributed by atoms with E-state index in [9.17, 15) is 4.79 Å². The maximum Gasteiger partial charge on any atom is 0.337 e. The third-order valence-electron chi connectivity index (χ3n) is 2.98. The van der Waals surface area contributed by atoms with Crippen molar-refractivity contribution in [2.24, 2.45) is 0 Å². The van der Waals surface area contributed by atoms with Gasteiger partial charge < -0.3 is 9.64 Å². The van der Waals surface area contributed by atoms with E-state index in [2.05, 4.69) is 11.0 Å². The standard InChI is InChI=1S/C16H17NO2/c1-17(2)15-10-5-4-9-14(15)12-7-6-8-13(11-12)16(18)19-3/h4-11H,1-3H3.